The molecule has 1 aliphatic rings. The molecule has 6 nitrogen and oxygen atoms in total. The Hall–Kier alpha value is -0.660. The van der Waals surface area contributed by atoms with E-state index >= 15 is 0 Å². The van der Waals surface area contributed by atoms with Crippen LogP contribution in [0.25, 0.3) is 0 Å². The lowest BCUT2D eigenvalue weighted by Gasteiger charge is -2.22. The van der Waals surface area contributed by atoms with Crippen LogP contribution < -0.4 is 10.0 Å². The Labute approximate surface area is 116 Å². The highest BCUT2D eigenvalue weighted by atomic mass is 32.2. The number of sulfonamides is 1. The molecule has 1 amide bonds. The van der Waals surface area contributed by atoms with Crippen molar-refractivity contribution in [2.45, 2.75) is 25.7 Å². The predicted molar refractivity (Wildman–Crippen MR) is 75.3 cm³/mol. The molecular weight excluding hydrogens is 266 g/mol. The normalized spacial score (nSPS) is 17.4. The zero-order valence-electron chi connectivity index (χ0n) is 11.8. The maximum atomic E-state index is 11.8. The van der Waals surface area contributed by atoms with Crippen LogP contribution in [0, 0.1) is 5.92 Å². The van der Waals surface area contributed by atoms with Crippen LogP contribution in [0.15, 0.2) is 0 Å². The summed E-state index contributed by atoms with van der Waals surface area (Å²) in [7, 11) is 0.0778. The van der Waals surface area contributed by atoms with Gasteiger partial charge in [0.1, 0.15) is 0 Å². The van der Waals surface area contributed by atoms with Gasteiger partial charge in [-0.15, -0.1) is 0 Å². The second-order valence-corrected chi connectivity index (χ2v) is 7.16. The van der Waals surface area contributed by atoms with Crippen LogP contribution in [-0.4, -0.2) is 58.7 Å². The van der Waals surface area contributed by atoms with Crippen LogP contribution in [0.2, 0.25) is 0 Å². The molecule has 0 unspecified atom stereocenters. The molecule has 0 aromatic rings. The van der Waals surface area contributed by atoms with Crippen molar-refractivity contribution in [2.24, 2.45) is 5.92 Å². The molecule has 0 radical (unpaired) electrons. The standard InChI is InChI=1S/C12H25N3O3S/c1-15(2)12(16)5-9-14-19(17,18)10-6-11-3-7-13-8-4-11/h11,13-14H,3-10H2,1-2H3. The third-order valence-corrected chi connectivity index (χ3v) is 4.83. The molecule has 0 saturated carbocycles. The first-order chi connectivity index (χ1) is 8.91. The van der Waals surface area contributed by atoms with E-state index in [0.29, 0.717) is 12.3 Å². The van der Waals surface area contributed by atoms with E-state index in [-0.39, 0.29) is 24.6 Å². The maximum Gasteiger partial charge on any atom is 0.223 e. The van der Waals surface area contributed by atoms with Gasteiger partial charge in [-0.3, -0.25) is 4.79 Å². The molecular formula is C12H25N3O3S. The monoisotopic (exact) mass is 291 g/mol. The summed E-state index contributed by atoms with van der Waals surface area (Å²) in [5.41, 5.74) is 0. The third kappa shape index (κ3) is 6.89. The Morgan fingerprint density at radius 1 is 1.32 bits per heavy atom. The summed E-state index contributed by atoms with van der Waals surface area (Å²) in [6.07, 6.45) is 3.02. The highest BCUT2D eigenvalue weighted by molar-refractivity contribution is 7.89. The number of amides is 1. The van der Waals surface area contributed by atoms with Crippen molar-refractivity contribution in [3.8, 4) is 0 Å². The highest BCUT2D eigenvalue weighted by Crippen LogP contribution is 2.16. The second kappa shape index (κ2) is 7.81. The van der Waals surface area contributed by atoms with Gasteiger partial charge in [0.15, 0.2) is 0 Å². The molecule has 2 N–H and O–H groups in total. The summed E-state index contributed by atoms with van der Waals surface area (Å²) in [6, 6.07) is 0. The molecule has 0 aliphatic carbocycles. The Morgan fingerprint density at radius 2 is 1.95 bits per heavy atom. The summed E-state index contributed by atoms with van der Waals surface area (Å²) in [5.74, 6) is 0.593. The van der Waals surface area contributed by atoms with Gasteiger partial charge in [0.2, 0.25) is 15.9 Å². The summed E-state index contributed by atoms with van der Waals surface area (Å²) in [6.45, 7) is 2.15. The van der Waals surface area contributed by atoms with Gasteiger partial charge in [-0.2, -0.15) is 0 Å². The Morgan fingerprint density at radius 3 is 2.53 bits per heavy atom. The average Bonchev–Trinajstić information content (AvgIpc) is 2.37. The largest absolute Gasteiger partial charge is 0.349 e. The van der Waals surface area contributed by atoms with Gasteiger partial charge in [0.05, 0.1) is 5.75 Å². The lowest BCUT2D eigenvalue weighted by molar-refractivity contribution is -0.128. The van der Waals surface area contributed by atoms with Crippen LogP contribution in [0.1, 0.15) is 25.7 Å². The SMILES string of the molecule is CN(C)C(=O)CCNS(=O)(=O)CCC1CCNCC1. The van der Waals surface area contributed by atoms with E-state index in [4.69, 9.17) is 0 Å². The van der Waals surface area contributed by atoms with E-state index in [1.807, 2.05) is 0 Å². The van der Waals surface area contributed by atoms with Gasteiger partial charge in [-0.25, -0.2) is 13.1 Å². The van der Waals surface area contributed by atoms with E-state index in [0.717, 1.165) is 25.9 Å². The Kier molecular flexibility index (Phi) is 6.74. The molecule has 1 fully saturated rings. The van der Waals surface area contributed by atoms with Crippen LogP contribution >= 0.6 is 0 Å². The second-order valence-electron chi connectivity index (χ2n) is 5.23. The molecule has 1 heterocycles. The third-order valence-electron chi connectivity index (χ3n) is 3.41. The van der Waals surface area contributed by atoms with Crippen molar-refractivity contribution in [3.63, 3.8) is 0 Å². The minimum absolute atomic E-state index is 0.0685. The summed E-state index contributed by atoms with van der Waals surface area (Å²) < 4.78 is 26.0. The first-order valence-corrected chi connectivity index (χ1v) is 8.44. The molecule has 19 heavy (non-hydrogen) atoms. The lowest BCUT2D eigenvalue weighted by atomic mass is 9.96. The minimum Gasteiger partial charge on any atom is -0.349 e. The van der Waals surface area contributed by atoms with Crippen molar-refractivity contribution in [1.82, 2.24) is 14.9 Å². The molecule has 0 aromatic heterocycles. The van der Waals surface area contributed by atoms with E-state index in [2.05, 4.69) is 10.0 Å². The molecule has 1 aliphatic heterocycles. The fraction of sp³-hybridized carbons (Fsp3) is 0.917. The number of nitrogens with zero attached hydrogens (tertiary/aromatic N) is 1. The first kappa shape index (κ1) is 16.4. The number of piperidine rings is 1. The van der Waals surface area contributed by atoms with Crippen molar-refractivity contribution in [2.75, 3.05) is 39.5 Å². The van der Waals surface area contributed by atoms with Crippen molar-refractivity contribution in [3.05, 3.63) is 0 Å². The average molecular weight is 291 g/mol. The lowest BCUT2D eigenvalue weighted by Crippen LogP contribution is -2.33. The van der Waals surface area contributed by atoms with Gasteiger partial charge in [-0.05, 0) is 38.3 Å². The summed E-state index contributed by atoms with van der Waals surface area (Å²) in [4.78, 5) is 12.8. The van der Waals surface area contributed by atoms with Gasteiger partial charge < -0.3 is 10.2 Å². The molecule has 112 valence electrons. The Bertz CT molecular complexity index is 376. The molecule has 0 bridgehead atoms. The molecule has 0 atom stereocenters. The highest BCUT2D eigenvalue weighted by Gasteiger charge is 2.17. The number of hydrogen-bond donors (Lipinski definition) is 2. The number of nitrogens with one attached hydrogen (secondary N) is 2. The number of rotatable bonds is 7. The smallest absolute Gasteiger partial charge is 0.223 e. The molecule has 7 heteroatoms. The van der Waals surface area contributed by atoms with Gasteiger partial charge in [-0.1, -0.05) is 0 Å². The predicted octanol–water partition coefficient (Wildman–Crippen LogP) is -0.226. The fourth-order valence-corrected chi connectivity index (χ4v) is 3.30. The first-order valence-electron chi connectivity index (χ1n) is 6.79. The van der Waals surface area contributed by atoms with E-state index in [1.165, 1.54) is 4.90 Å². The topological polar surface area (TPSA) is 78.5 Å². The quantitative estimate of drug-likeness (QED) is 0.679. The Balaban J connectivity index is 2.21. The van der Waals surface area contributed by atoms with Gasteiger partial charge in [0, 0.05) is 27.1 Å². The molecule has 1 saturated heterocycles. The molecule has 0 aromatic carbocycles. The van der Waals surface area contributed by atoms with E-state index in [1.54, 1.807) is 14.1 Å². The van der Waals surface area contributed by atoms with Crippen molar-refractivity contribution < 1.29 is 13.2 Å². The number of carbonyl (C=O) groups is 1. The van der Waals surface area contributed by atoms with E-state index < -0.39 is 10.0 Å². The van der Waals surface area contributed by atoms with Crippen molar-refractivity contribution >= 4 is 15.9 Å². The van der Waals surface area contributed by atoms with Crippen LogP contribution in [-0.2, 0) is 14.8 Å². The zero-order valence-corrected chi connectivity index (χ0v) is 12.6. The zero-order chi connectivity index (χ0) is 14.3. The maximum absolute atomic E-state index is 11.8. The van der Waals surface area contributed by atoms with Gasteiger partial charge in [0.25, 0.3) is 0 Å². The summed E-state index contributed by atoms with van der Waals surface area (Å²) in [5, 5.41) is 3.26. The van der Waals surface area contributed by atoms with Crippen LogP contribution in [0.5, 0.6) is 0 Å². The van der Waals surface area contributed by atoms with Gasteiger partial charge >= 0.3 is 0 Å². The number of hydrogen-bond acceptors (Lipinski definition) is 4. The molecule has 1 rings (SSSR count). The fourth-order valence-electron chi connectivity index (χ4n) is 2.10. The van der Waals surface area contributed by atoms with Crippen LogP contribution in [0.3, 0.4) is 0 Å². The van der Waals surface area contributed by atoms with E-state index in [9.17, 15) is 13.2 Å². The number of carbonyl (C=O) groups excluding carboxylic acids is 1. The summed E-state index contributed by atoms with van der Waals surface area (Å²) >= 11 is 0. The molecule has 0 spiro atoms. The van der Waals surface area contributed by atoms with Crippen molar-refractivity contribution in [1.29, 1.82) is 0 Å². The van der Waals surface area contributed by atoms with Crippen LogP contribution in [0.4, 0.5) is 0 Å². The minimum atomic E-state index is -3.24.